The molecule has 110 valence electrons. The highest BCUT2D eigenvalue weighted by molar-refractivity contribution is 5.80. The molecule has 2 unspecified atom stereocenters. The van der Waals surface area contributed by atoms with E-state index in [1.54, 1.807) is 0 Å². The summed E-state index contributed by atoms with van der Waals surface area (Å²) >= 11 is 0. The number of hydrogen-bond acceptors (Lipinski definition) is 3. The molecule has 1 aliphatic carbocycles. The number of carbonyl (C=O) groups is 1. The summed E-state index contributed by atoms with van der Waals surface area (Å²) in [5, 5.41) is 0. The minimum Gasteiger partial charge on any atom is -0.340 e. The van der Waals surface area contributed by atoms with Crippen molar-refractivity contribution in [3.63, 3.8) is 0 Å². The molecular weight excluding hydrogens is 238 g/mol. The Morgan fingerprint density at radius 3 is 2.37 bits per heavy atom. The highest BCUT2D eigenvalue weighted by Crippen LogP contribution is 2.33. The smallest absolute Gasteiger partial charge is 0.227 e. The Hall–Kier alpha value is -0.610. The Kier molecular flexibility index (Phi) is 4.51. The van der Waals surface area contributed by atoms with Crippen molar-refractivity contribution in [1.82, 2.24) is 9.80 Å². The van der Waals surface area contributed by atoms with Crippen molar-refractivity contribution >= 4 is 5.91 Å². The van der Waals surface area contributed by atoms with Crippen LogP contribution in [-0.2, 0) is 4.79 Å². The molecule has 1 saturated heterocycles. The van der Waals surface area contributed by atoms with Crippen LogP contribution in [0.2, 0.25) is 0 Å². The van der Waals surface area contributed by atoms with E-state index in [9.17, 15) is 4.79 Å². The SMILES string of the molecule is CC(C)N1CCN(C(=O)C2CCCCC2(C)N)CC1. The Bertz CT molecular complexity index is 319. The van der Waals surface area contributed by atoms with Crippen LogP contribution in [-0.4, -0.2) is 53.5 Å². The number of piperazine rings is 1. The molecule has 2 rings (SSSR count). The minimum atomic E-state index is -0.301. The van der Waals surface area contributed by atoms with Gasteiger partial charge < -0.3 is 10.6 Å². The summed E-state index contributed by atoms with van der Waals surface area (Å²) in [6.45, 7) is 10.2. The van der Waals surface area contributed by atoms with Gasteiger partial charge >= 0.3 is 0 Å². The summed E-state index contributed by atoms with van der Waals surface area (Å²) in [7, 11) is 0. The van der Waals surface area contributed by atoms with Crippen LogP contribution in [0.25, 0.3) is 0 Å². The maximum absolute atomic E-state index is 12.7. The van der Waals surface area contributed by atoms with Gasteiger partial charge in [-0.2, -0.15) is 0 Å². The number of nitrogens with zero attached hydrogens (tertiary/aromatic N) is 2. The molecule has 1 aliphatic heterocycles. The summed E-state index contributed by atoms with van der Waals surface area (Å²) in [5.74, 6) is 0.333. The fraction of sp³-hybridized carbons (Fsp3) is 0.933. The number of nitrogens with two attached hydrogens (primary N) is 1. The normalized spacial score (nSPS) is 33.7. The second-order valence-corrected chi connectivity index (χ2v) is 6.76. The summed E-state index contributed by atoms with van der Waals surface area (Å²) < 4.78 is 0. The van der Waals surface area contributed by atoms with Crippen LogP contribution < -0.4 is 5.73 Å². The van der Waals surface area contributed by atoms with Gasteiger partial charge in [0.25, 0.3) is 0 Å². The largest absolute Gasteiger partial charge is 0.340 e. The molecule has 0 aromatic heterocycles. The molecule has 0 radical (unpaired) electrons. The van der Waals surface area contributed by atoms with Gasteiger partial charge in [-0.25, -0.2) is 0 Å². The predicted octanol–water partition coefficient (Wildman–Crippen LogP) is 1.45. The predicted molar refractivity (Wildman–Crippen MR) is 77.8 cm³/mol. The molecule has 0 spiro atoms. The molecular formula is C15H29N3O. The number of rotatable bonds is 2. The first kappa shape index (κ1) is 14.8. The zero-order chi connectivity index (χ0) is 14.0. The molecule has 4 heteroatoms. The Morgan fingerprint density at radius 2 is 1.84 bits per heavy atom. The van der Waals surface area contributed by atoms with Gasteiger partial charge in [-0.15, -0.1) is 0 Å². The fourth-order valence-corrected chi connectivity index (χ4v) is 3.44. The number of carbonyl (C=O) groups excluding carboxylic acids is 1. The van der Waals surface area contributed by atoms with Crippen molar-refractivity contribution in [2.75, 3.05) is 26.2 Å². The quantitative estimate of drug-likeness (QED) is 0.824. The minimum absolute atomic E-state index is 0.0341. The lowest BCUT2D eigenvalue weighted by atomic mass is 9.74. The summed E-state index contributed by atoms with van der Waals surface area (Å²) in [5.41, 5.74) is 6.05. The van der Waals surface area contributed by atoms with Gasteiger partial charge in [0.15, 0.2) is 0 Å². The zero-order valence-corrected chi connectivity index (χ0v) is 12.7. The molecule has 4 nitrogen and oxygen atoms in total. The molecule has 2 fully saturated rings. The lowest BCUT2D eigenvalue weighted by Crippen LogP contribution is -2.57. The van der Waals surface area contributed by atoms with Gasteiger partial charge in [0, 0.05) is 37.8 Å². The highest BCUT2D eigenvalue weighted by atomic mass is 16.2. The van der Waals surface area contributed by atoms with E-state index in [1.807, 2.05) is 4.90 Å². The van der Waals surface area contributed by atoms with E-state index in [1.165, 1.54) is 0 Å². The van der Waals surface area contributed by atoms with Crippen LogP contribution in [0.3, 0.4) is 0 Å². The van der Waals surface area contributed by atoms with Crippen molar-refractivity contribution in [2.45, 2.75) is 58.0 Å². The van der Waals surface area contributed by atoms with Crippen molar-refractivity contribution < 1.29 is 4.79 Å². The standard InChI is InChI=1S/C15H29N3O/c1-12(2)17-8-10-18(11-9-17)14(19)13-6-4-5-7-15(13,3)16/h12-13H,4-11,16H2,1-3H3. The van der Waals surface area contributed by atoms with E-state index in [-0.39, 0.29) is 11.5 Å². The van der Waals surface area contributed by atoms with Crippen LogP contribution in [0.15, 0.2) is 0 Å². The monoisotopic (exact) mass is 267 g/mol. The van der Waals surface area contributed by atoms with E-state index in [2.05, 4.69) is 25.7 Å². The van der Waals surface area contributed by atoms with Crippen LogP contribution in [0.1, 0.15) is 46.5 Å². The average Bonchev–Trinajstić information content (AvgIpc) is 2.37. The highest BCUT2D eigenvalue weighted by Gasteiger charge is 2.40. The van der Waals surface area contributed by atoms with E-state index >= 15 is 0 Å². The van der Waals surface area contributed by atoms with Crippen molar-refractivity contribution in [1.29, 1.82) is 0 Å². The molecule has 2 atom stereocenters. The maximum atomic E-state index is 12.7. The van der Waals surface area contributed by atoms with Gasteiger partial charge in [-0.05, 0) is 33.6 Å². The number of hydrogen-bond donors (Lipinski definition) is 1. The number of amides is 1. The summed E-state index contributed by atoms with van der Waals surface area (Å²) in [6, 6.07) is 0.576. The van der Waals surface area contributed by atoms with Crippen molar-refractivity contribution in [2.24, 2.45) is 11.7 Å². The van der Waals surface area contributed by atoms with Crippen molar-refractivity contribution in [3.8, 4) is 0 Å². The van der Waals surface area contributed by atoms with Crippen LogP contribution >= 0.6 is 0 Å². The van der Waals surface area contributed by atoms with E-state index in [0.29, 0.717) is 11.9 Å². The van der Waals surface area contributed by atoms with E-state index in [0.717, 1.165) is 51.9 Å². The topological polar surface area (TPSA) is 49.6 Å². The molecule has 0 bridgehead atoms. The lowest BCUT2D eigenvalue weighted by molar-refractivity contribution is -0.141. The molecule has 0 aromatic carbocycles. The third-order valence-electron chi connectivity index (χ3n) is 4.91. The Morgan fingerprint density at radius 1 is 1.21 bits per heavy atom. The first-order chi connectivity index (χ1) is 8.92. The van der Waals surface area contributed by atoms with Gasteiger partial charge in [-0.1, -0.05) is 12.8 Å². The second-order valence-electron chi connectivity index (χ2n) is 6.76. The van der Waals surface area contributed by atoms with Crippen molar-refractivity contribution in [3.05, 3.63) is 0 Å². The van der Waals surface area contributed by atoms with E-state index in [4.69, 9.17) is 5.73 Å². The summed E-state index contributed by atoms with van der Waals surface area (Å²) in [6.07, 6.45) is 4.26. The Balaban J connectivity index is 1.93. The first-order valence-electron chi connectivity index (χ1n) is 7.73. The van der Waals surface area contributed by atoms with Gasteiger partial charge in [-0.3, -0.25) is 9.69 Å². The third-order valence-corrected chi connectivity index (χ3v) is 4.91. The third kappa shape index (κ3) is 3.29. The molecule has 1 heterocycles. The van der Waals surface area contributed by atoms with Gasteiger partial charge in [0.1, 0.15) is 0 Å². The molecule has 0 aromatic rings. The van der Waals surface area contributed by atoms with Crippen LogP contribution in [0, 0.1) is 5.92 Å². The second kappa shape index (κ2) is 5.80. The van der Waals surface area contributed by atoms with Crippen LogP contribution in [0.5, 0.6) is 0 Å². The van der Waals surface area contributed by atoms with Gasteiger partial charge in [0.05, 0.1) is 5.92 Å². The van der Waals surface area contributed by atoms with Gasteiger partial charge in [0.2, 0.25) is 5.91 Å². The first-order valence-corrected chi connectivity index (χ1v) is 7.73. The zero-order valence-electron chi connectivity index (χ0n) is 12.7. The molecule has 2 aliphatic rings. The van der Waals surface area contributed by atoms with Crippen LogP contribution in [0.4, 0.5) is 0 Å². The Labute approximate surface area is 117 Å². The molecule has 1 amide bonds. The van der Waals surface area contributed by atoms with E-state index < -0.39 is 0 Å². The average molecular weight is 267 g/mol. The molecule has 2 N–H and O–H groups in total. The fourth-order valence-electron chi connectivity index (χ4n) is 3.44. The molecule has 19 heavy (non-hydrogen) atoms. The lowest BCUT2D eigenvalue weighted by Gasteiger charge is -2.43. The maximum Gasteiger partial charge on any atom is 0.227 e. The molecule has 1 saturated carbocycles. The summed E-state index contributed by atoms with van der Waals surface area (Å²) in [4.78, 5) is 17.2.